The van der Waals surface area contributed by atoms with Crippen molar-refractivity contribution in [2.75, 3.05) is 0 Å². The summed E-state index contributed by atoms with van der Waals surface area (Å²) in [5.74, 6) is 5.17. The third kappa shape index (κ3) is 9.16. The van der Waals surface area contributed by atoms with Gasteiger partial charge in [0.15, 0.2) is 0 Å². The van der Waals surface area contributed by atoms with Crippen LogP contribution in [0.3, 0.4) is 0 Å². The highest BCUT2D eigenvalue weighted by molar-refractivity contribution is 4.90. The van der Waals surface area contributed by atoms with Gasteiger partial charge in [-0.25, -0.2) is 0 Å². The highest BCUT2D eigenvalue weighted by Crippen LogP contribution is 2.49. The van der Waals surface area contributed by atoms with E-state index in [-0.39, 0.29) is 0 Å². The van der Waals surface area contributed by atoms with Crippen molar-refractivity contribution >= 4 is 0 Å². The third-order valence-corrected chi connectivity index (χ3v) is 6.63. The molecule has 0 bridgehead atoms. The molecule has 1 fully saturated rings. The molecule has 23 heavy (non-hydrogen) atoms. The maximum Gasteiger partial charge on any atom is -0.0355 e. The molecule has 0 heteroatoms. The largest absolute Gasteiger partial charge is 0.0654 e. The molecular formula is C23H46. The van der Waals surface area contributed by atoms with E-state index in [1.165, 1.54) is 77.0 Å². The van der Waals surface area contributed by atoms with Gasteiger partial charge in [0.05, 0.1) is 0 Å². The van der Waals surface area contributed by atoms with Crippen LogP contribution in [0.2, 0.25) is 0 Å². The van der Waals surface area contributed by atoms with Crippen LogP contribution in [0.4, 0.5) is 0 Å². The minimum atomic E-state index is 0.938. The summed E-state index contributed by atoms with van der Waals surface area (Å²) in [6.07, 6.45) is 19.0. The van der Waals surface area contributed by atoms with E-state index in [0.29, 0.717) is 0 Å². The molecule has 0 N–H and O–H groups in total. The molecule has 0 radical (unpaired) electrons. The Morgan fingerprint density at radius 1 is 0.739 bits per heavy atom. The van der Waals surface area contributed by atoms with Crippen molar-refractivity contribution in [1.82, 2.24) is 0 Å². The Morgan fingerprint density at radius 2 is 1.43 bits per heavy atom. The fourth-order valence-electron chi connectivity index (χ4n) is 4.51. The lowest BCUT2D eigenvalue weighted by molar-refractivity contribution is 0.377. The topological polar surface area (TPSA) is 0 Å². The number of hydrogen-bond donors (Lipinski definition) is 0. The van der Waals surface area contributed by atoms with Crippen LogP contribution in [-0.2, 0) is 0 Å². The summed E-state index contributed by atoms with van der Waals surface area (Å²) >= 11 is 0. The molecule has 0 nitrogen and oxygen atoms in total. The van der Waals surface area contributed by atoms with Gasteiger partial charge in [-0.15, -0.1) is 0 Å². The molecule has 5 atom stereocenters. The van der Waals surface area contributed by atoms with Gasteiger partial charge in [0.25, 0.3) is 0 Å². The molecule has 1 saturated carbocycles. The number of hydrogen-bond acceptors (Lipinski definition) is 0. The van der Waals surface area contributed by atoms with Gasteiger partial charge < -0.3 is 0 Å². The fraction of sp³-hybridized carbons (Fsp3) is 1.00. The van der Waals surface area contributed by atoms with Gasteiger partial charge in [-0.1, -0.05) is 112 Å². The van der Waals surface area contributed by atoms with E-state index < -0.39 is 0 Å². The highest BCUT2D eigenvalue weighted by Gasteiger charge is 2.40. The van der Waals surface area contributed by atoms with E-state index in [0.717, 1.165) is 29.6 Å². The Balaban J connectivity index is 1.94. The van der Waals surface area contributed by atoms with E-state index in [9.17, 15) is 0 Å². The Morgan fingerprint density at radius 3 is 2.09 bits per heavy atom. The average molecular weight is 323 g/mol. The smallest absolute Gasteiger partial charge is 0.0355 e. The molecule has 1 rings (SSSR count). The van der Waals surface area contributed by atoms with Gasteiger partial charge in [-0.3, -0.25) is 0 Å². The second-order valence-corrected chi connectivity index (χ2v) is 8.80. The maximum absolute atomic E-state index is 2.48. The lowest BCUT2D eigenvalue weighted by atomic mass is 9.92. The molecular weight excluding hydrogens is 276 g/mol. The summed E-state index contributed by atoms with van der Waals surface area (Å²) in [4.78, 5) is 0. The first-order valence-corrected chi connectivity index (χ1v) is 11.1. The quantitative estimate of drug-likeness (QED) is 0.266. The number of unbranched alkanes of at least 4 members (excludes halogenated alkanes) is 2. The van der Waals surface area contributed by atoms with Crippen molar-refractivity contribution in [3.05, 3.63) is 0 Å². The van der Waals surface area contributed by atoms with Gasteiger partial charge >= 0.3 is 0 Å². The molecule has 0 aromatic heterocycles. The SMILES string of the molecule is CCCC(CC)C1CC1CCCCCC(C)CCCC(C)CC. The van der Waals surface area contributed by atoms with Crippen LogP contribution in [0.25, 0.3) is 0 Å². The molecule has 0 aromatic carbocycles. The second-order valence-electron chi connectivity index (χ2n) is 8.80. The molecule has 0 saturated heterocycles. The lowest BCUT2D eigenvalue weighted by Crippen LogP contribution is -2.02. The van der Waals surface area contributed by atoms with Crippen LogP contribution in [-0.4, -0.2) is 0 Å². The molecule has 1 aliphatic carbocycles. The first kappa shape index (κ1) is 21.0. The average Bonchev–Trinajstić information content (AvgIpc) is 3.31. The molecule has 0 aliphatic heterocycles. The fourth-order valence-corrected chi connectivity index (χ4v) is 4.51. The van der Waals surface area contributed by atoms with E-state index in [4.69, 9.17) is 0 Å². The van der Waals surface area contributed by atoms with Gasteiger partial charge in [-0.05, 0) is 36.0 Å². The summed E-state index contributed by atoms with van der Waals surface area (Å²) in [5, 5.41) is 0. The molecule has 0 heterocycles. The van der Waals surface area contributed by atoms with E-state index in [2.05, 4.69) is 34.6 Å². The van der Waals surface area contributed by atoms with Crippen molar-refractivity contribution in [2.24, 2.45) is 29.6 Å². The van der Waals surface area contributed by atoms with Crippen LogP contribution in [0, 0.1) is 29.6 Å². The minimum absolute atomic E-state index is 0.938. The van der Waals surface area contributed by atoms with E-state index in [1.54, 1.807) is 6.42 Å². The van der Waals surface area contributed by atoms with Crippen LogP contribution in [0.15, 0.2) is 0 Å². The van der Waals surface area contributed by atoms with Crippen LogP contribution in [0.1, 0.15) is 118 Å². The summed E-state index contributed by atoms with van der Waals surface area (Å²) in [5.41, 5.74) is 0. The van der Waals surface area contributed by atoms with Crippen molar-refractivity contribution < 1.29 is 0 Å². The monoisotopic (exact) mass is 322 g/mol. The van der Waals surface area contributed by atoms with Crippen LogP contribution >= 0.6 is 0 Å². The maximum atomic E-state index is 2.48. The summed E-state index contributed by atoms with van der Waals surface area (Å²) in [6, 6.07) is 0. The van der Waals surface area contributed by atoms with Crippen molar-refractivity contribution in [3.8, 4) is 0 Å². The second kappa shape index (κ2) is 12.4. The zero-order valence-electron chi connectivity index (χ0n) is 17.1. The zero-order valence-corrected chi connectivity index (χ0v) is 17.1. The Hall–Kier alpha value is 0. The Labute approximate surface area is 148 Å². The Bertz CT molecular complexity index is 269. The van der Waals surface area contributed by atoms with Gasteiger partial charge in [0.1, 0.15) is 0 Å². The van der Waals surface area contributed by atoms with Gasteiger partial charge in [-0.2, -0.15) is 0 Å². The molecule has 0 aromatic rings. The molecule has 0 amide bonds. The van der Waals surface area contributed by atoms with Gasteiger partial charge in [0.2, 0.25) is 0 Å². The Kier molecular flexibility index (Phi) is 11.3. The lowest BCUT2D eigenvalue weighted by Gasteiger charge is -2.14. The number of rotatable bonds is 15. The molecule has 138 valence electrons. The molecule has 0 spiro atoms. The van der Waals surface area contributed by atoms with Crippen molar-refractivity contribution in [2.45, 2.75) is 118 Å². The zero-order chi connectivity index (χ0) is 17.1. The van der Waals surface area contributed by atoms with Gasteiger partial charge in [0, 0.05) is 0 Å². The predicted octanol–water partition coefficient (Wildman–Crippen LogP) is 8.25. The predicted molar refractivity (Wildman–Crippen MR) is 106 cm³/mol. The third-order valence-electron chi connectivity index (χ3n) is 6.63. The van der Waals surface area contributed by atoms with Crippen molar-refractivity contribution in [3.63, 3.8) is 0 Å². The van der Waals surface area contributed by atoms with E-state index >= 15 is 0 Å². The summed E-state index contributed by atoms with van der Waals surface area (Å²) in [7, 11) is 0. The van der Waals surface area contributed by atoms with Crippen LogP contribution in [0.5, 0.6) is 0 Å². The summed E-state index contributed by atoms with van der Waals surface area (Å²) in [6.45, 7) is 12.0. The summed E-state index contributed by atoms with van der Waals surface area (Å²) < 4.78 is 0. The minimum Gasteiger partial charge on any atom is -0.0654 e. The van der Waals surface area contributed by atoms with Crippen molar-refractivity contribution in [1.29, 1.82) is 0 Å². The molecule has 5 unspecified atom stereocenters. The van der Waals surface area contributed by atoms with E-state index in [1.807, 2.05) is 0 Å². The molecule has 1 aliphatic rings. The first-order chi connectivity index (χ1) is 11.1. The standard InChI is InChI=1S/C23H46/c1-6-13-21(8-3)23-18-22(23)17-11-9-10-14-20(5)16-12-15-19(4)7-2/h19-23H,6-18H2,1-5H3. The normalized spacial score (nSPS) is 24.4. The first-order valence-electron chi connectivity index (χ1n) is 11.1. The van der Waals surface area contributed by atoms with Crippen LogP contribution < -0.4 is 0 Å². The highest BCUT2D eigenvalue weighted by atomic mass is 14.5.